The molecule has 0 amide bonds. The van der Waals surface area contributed by atoms with Crippen molar-refractivity contribution in [2.24, 2.45) is 0 Å². The number of benzene rings is 1. The van der Waals surface area contributed by atoms with Crippen molar-refractivity contribution in [3.8, 4) is 6.07 Å². The zero-order valence-electron chi connectivity index (χ0n) is 9.21. The maximum absolute atomic E-state index is 13.3. The van der Waals surface area contributed by atoms with Crippen LogP contribution in [0.4, 0.5) is 4.39 Å². The molecule has 1 rings (SSSR count). The van der Waals surface area contributed by atoms with Gasteiger partial charge < -0.3 is 4.90 Å². The van der Waals surface area contributed by atoms with Gasteiger partial charge in [-0.05, 0) is 37.2 Å². The Morgan fingerprint density at radius 2 is 2.19 bits per heavy atom. The second-order valence-electron chi connectivity index (χ2n) is 3.70. The largest absolute Gasteiger partial charge is 0.305 e. The minimum Gasteiger partial charge on any atom is -0.305 e. The second kappa shape index (κ2) is 6.47. The Hall–Kier alpha value is -1.11. The molecule has 0 heterocycles. The van der Waals surface area contributed by atoms with Crippen LogP contribution in [0.5, 0.6) is 0 Å². The average molecular weight is 241 g/mol. The van der Waals surface area contributed by atoms with Crippen molar-refractivity contribution >= 4 is 11.6 Å². The van der Waals surface area contributed by atoms with E-state index in [0.29, 0.717) is 30.0 Å². The first-order chi connectivity index (χ1) is 7.63. The lowest BCUT2D eigenvalue weighted by Crippen LogP contribution is -2.22. The number of nitriles is 1. The fraction of sp³-hybridized carbons (Fsp3) is 0.417. The SMILES string of the molecule is CN(CCC#N)CCc1cc(Cl)ccc1F. The number of halogens is 2. The Kier molecular flexibility index (Phi) is 5.24. The quantitative estimate of drug-likeness (QED) is 0.791. The Labute approximate surface area is 100 Å². The highest BCUT2D eigenvalue weighted by Crippen LogP contribution is 2.15. The summed E-state index contributed by atoms with van der Waals surface area (Å²) in [6.45, 7) is 1.43. The summed E-state index contributed by atoms with van der Waals surface area (Å²) < 4.78 is 13.3. The third kappa shape index (κ3) is 4.18. The Morgan fingerprint density at radius 1 is 1.44 bits per heavy atom. The normalized spacial score (nSPS) is 10.4. The maximum atomic E-state index is 13.3. The number of likely N-dealkylation sites (N-methyl/N-ethyl adjacent to an activating group) is 1. The molecule has 16 heavy (non-hydrogen) atoms. The van der Waals surface area contributed by atoms with Crippen LogP contribution in [-0.4, -0.2) is 25.0 Å². The molecule has 0 N–H and O–H groups in total. The first-order valence-corrected chi connectivity index (χ1v) is 5.50. The van der Waals surface area contributed by atoms with Crippen LogP contribution in [0.2, 0.25) is 5.02 Å². The number of nitrogens with zero attached hydrogens (tertiary/aromatic N) is 2. The summed E-state index contributed by atoms with van der Waals surface area (Å²) >= 11 is 5.79. The smallest absolute Gasteiger partial charge is 0.126 e. The molecule has 86 valence electrons. The molecule has 0 bridgehead atoms. The molecule has 0 spiro atoms. The van der Waals surface area contributed by atoms with Gasteiger partial charge in [0.15, 0.2) is 0 Å². The van der Waals surface area contributed by atoms with Crippen molar-refractivity contribution in [1.29, 1.82) is 5.26 Å². The van der Waals surface area contributed by atoms with Crippen LogP contribution >= 0.6 is 11.6 Å². The van der Waals surface area contributed by atoms with E-state index in [9.17, 15) is 4.39 Å². The summed E-state index contributed by atoms with van der Waals surface area (Å²) in [6.07, 6.45) is 1.10. The summed E-state index contributed by atoms with van der Waals surface area (Å²) in [5.41, 5.74) is 0.622. The molecule has 0 aliphatic carbocycles. The Bertz CT molecular complexity index is 387. The molecule has 4 heteroatoms. The van der Waals surface area contributed by atoms with Crippen molar-refractivity contribution in [3.63, 3.8) is 0 Å². The van der Waals surface area contributed by atoms with E-state index in [1.165, 1.54) is 6.07 Å². The van der Waals surface area contributed by atoms with Gasteiger partial charge in [-0.3, -0.25) is 0 Å². The van der Waals surface area contributed by atoms with E-state index >= 15 is 0 Å². The van der Waals surface area contributed by atoms with Crippen molar-refractivity contribution in [2.45, 2.75) is 12.8 Å². The standard InChI is InChI=1S/C12H14ClFN2/c1-16(7-2-6-15)8-5-10-9-11(13)3-4-12(10)14/h3-4,9H,2,5,7-8H2,1H3. The highest BCUT2D eigenvalue weighted by atomic mass is 35.5. The van der Waals surface area contributed by atoms with Crippen molar-refractivity contribution in [3.05, 3.63) is 34.6 Å². The predicted molar refractivity (Wildman–Crippen MR) is 62.8 cm³/mol. The molecule has 0 aliphatic heterocycles. The fourth-order valence-corrected chi connectivity index (χ4v) is 1.59. The van der Waals surface area contributed by atoms with Crippen LogP contribution in [0.25, 0.3) is 0 Å². The maximum Gasteiger partial charge on any atom is 0.126 e. The zero-order chi connectivity index (χ0) is 12.0. The van der Waals surface area contributed by atoms with E-state index < -0.39 is 0 Å². The lowest BCUT2D eigenvalue weighted by atomic mass is 10.1. The zero-order valence-corrected chi connectivity index (χ0v) is 9.97. The molecule has 0 fully saturated rings. The summed E-state index contributed by atoms with van der Waals surface area (Å²) in [7, 11) is 1.92. The van der Waals surface area contributed by atoms with Gasteiger partial charge in [-0.25, -0.2) is 4.39 Å². The lowest BCUT2D eigenvalue weighted by Gasteiger charge is -2.14. The molecule has 0 radical (unpaired) electrons. The van der Waals surface area contributed by atoms with Crippen molar-refractivity contribution in [1.82, 2.24) is 4.90 Å². The van der Waals surface area contributed by atoms with Crippen LogP contribution in [0.3, 0.4) is 0 Å². The Morgan fingerprint density at radius 3 is 2.88 bits per heavy atom. The highest BCUT2D eigenvalue weighted by Gasteiger charge is 2.04. The van der Waals surface area contributed by atoms with Crippen LogP contribution in [-0.2, 0) is 6.42 Å². The molecule has 2 nitrogen and oxygen atoms in total. The summed E-state index contributed by atoms with van der Waals surface area (Å²) in [5.74, 6) is -0.224. The number of hydrogen-bond donors (Lipinski definition) is 0. The van der Waals surface area contributed by atoms with Gasteiger partial charge in [-0.15, -0.1) is 0 Å². The fourth-order valence-electron chi connectivity index (χ4n) is 1.40. The molecule has 0 aliphatic rings. The van der Waals surface area contributed by atoms with Gasteiger partial charge in [0.2, 0.25) is 0 Å². The van der Waals surface area contributed by atoms with Gasteiger partial charge in [-0.2, -0.15) is 5.26 Å². The van der Waals surface area contributed by atoms with Crippen molar-refractivity contribution in [2.75, 3.05) is 20.1 Å². The first kappa shape index (κ1) is 13.0. The molecule has 0 aromatic heterocycles. The van der Waals surface area contributed by atoms with Gasteiger partial charge in [-0.1, -0.05) is 11.6 Å². The van der Waals surface area contributed by atoms with Gasteiger partial charge in [0.1, 0.15) is 5.82 Å². The molecule has 1 aromatic rings. The predicted octanol–water partition coefficient (Wildman–Crippen LogP) is 2.87. The molecule has 0 atom stereocenters. The molecule has 0 unspecified atom stereocenters. The summed E-state index contributed by atoms with van der Waals surface area (Å²) in [4.78, 5) is 2.00. The van der Waals surface area contributed by atoms with E-state index in [1.54, 1.807) is 12.1 Å². The van der Waals surface area contributed by atoms with E-state index in [4.69, 9.17) is 16.9 Å². The monoisotopic (exact) mass is 240 g/mol. The third-order valence-electron chi connectivity index (χ3n) is 2.38. The number of hydrogen-bond acceptors (Lipinski definition) is 2. The summed E-state index contributed by atoms with van der Waals surface area (Å²) in [5, 5.41) is 8.98. The lowest BCUT2D eigenvalue weighted by molar-refractivity contribution is 0.345. The van der Waals surface area contributed by atoms with Crippen LogP contribution in [0.15, 0.2) is 18.2 Å². The number of rotatable bonds is 5. The van der Waals surface area contributed by atoms with Crippen LogP contribution in [0.1, 0.15) is 12.0 Å². The van der Waals surface area contributed by atoms with E-state index in [2.05, 4.69) is 6.07 Å². The van der Waals surface area contributed by atoms with Crippen LogP contribution in [0, 0.1) is 17.1 Å². The highest BCUT2D eigenvalue weighted by molar-refractivity contribution is 6.30. The van der Waals surface area contributed by atoms with E-state index in [1.807, 2.05) is 11.9 Å². The van der Waals surface area contributed by atoms with Gasteiger partial charge >= 0.3 is 0 Å². The average Bonchev–Trinajstić information content (AvgIpc) is 2.27. The summed E-state index contributed by atoms with van der Waals surface area (Å²) in [6, 6.07) is 6.65. The van der Waals surface area contributed by atoms with Crippen molar-refractivity contribution < 1.29 is 4.39 Å². The minimum absolute atomic E-state index is 0.224. The first-order valence-electron chi connectivity index (χ1n) is 5.13. The van der Waals surface area contributed by atoms with E-state index in [0.717, 1.165) is 6.54 Å². The molecule has 0 saturated carbocycles. The molecular formula is C12H14ClFN2. The third-order valence-corrected chi connectivity index (χ3v) is 2.61. The molecule has 0 saturated heterocycles. The van der Waals surface area contributed by atoms with Gasteiger partial charge in [0, 0.05) is 24.5 Å². The van der Waals surface area contributed by atoms with E-state index in [-0.39, 0.29) is 5.82 Å². The van der Waals surface area contributed by atoms with Gasteiger partial charge in [0.25, 0.3) is 0 Å². The topological polar surface area (TPSA) is 27.0 Å². The van der Waals surface area contributed by atoms with Gasteiger partial charge in [0.05, 0.1) is 6.07 Å². The second-order valence-corrected chi connectivity index (χ2v) is 4.13. The molecular weight excluding hydrogens is 227 g/mol. The van der Waals surface area contributed by atoms with Crippen LogP contribution < -0.4 is 0 Å². The molecule has 1 aromatic carbocycles. The minimum atomic E-state index is -0.224. The Balaban J connectivity index is 2.48.